The number of hydrogen-bond donors (Lipinski definition) is 2. The molecule has 0 radical (unpaired) electrons. The third-order valence-corrected chi connectivity index (χ3v) is 5.79. The number of carbonyl (C=O) groups is 2. The van der Waals surface area contributed by atoms with Crippen molar-refractivity contribution in [3.63, 3.8) is 0 Å². The van der Waals surface area contributed by atoms with Crippen molar-refractivity contribution in [2.45, 2.75) is 18.8 Å². The number of carboxylic acids is 1. The molecule has 1 aliphatic rings. The van der Waals surface area contributed by atoms with Gasteiger partial charge in [-0.25, -0.2) is 9.78 Å². The number of nitrogens with one attached hydrogen (secondary N) is 1. The number of carbonyl (C=O) groups excluding carboxylic acids is 1. The molecule has 27 heavy (non-hydrogen) atoms. The highest BCUT2D eigenvalue weighted by molar-refractivity contribution is 7.15. The van der Waals surface area contributed by atoms with Crippen LogP contribution in [0.1, 0.15) is 43.9 Å². The summed E-state index contributed by atoms with van der Waals surface area (Å²) in [6.45, 7) is 1.23. The number of hydrogen-bond acceptors (Lipinski definition) is 5. The molecule has 2 aromatic heterocycles. The van der Waals surface area contributed by atoms with Crippen LogP contribution >= 0.6 is 11.3 Å². The molecule has 1 fully saturated rings. The summed E-state index contributed by atoms with van der Waals surface area (Å²) in [5.41, 5.74) is 0.972. The lowest BCUT2D eigenvalue weighted by Gasteiger charge is -2.30. The van der Waals surface area contributed by atoms with Gasteiger partial charge in [0.1, 0.15) is 10.7 Å². The summed E-state index contributed by atoms with van der Waals surface area (Å²) in [7, 11) is 0. The van der Waals surface area contributed by atoms with Crippen LogP contribution in [-0.4, -0.2) is 50.2 Å². The molecule has 0 bridgehead atoms. The first kappa shape index (κ1) is 17.4. The van der Waals surface area contributed by atoms with Crippen molar-refractivity contribution >= 4 is 23.2 Å². The van der Waals surface area contributed by atoms with Gasteiger partial charge in [-0.3, -0.25) is 9.89 Å². The minimum absolute atomic E-state index is 0.103. The summed E-state index contributed by atoms with van der Waals surface area (Å²) in [6, 6.07) is 12.9. The Kier molecular flexibility index (Phi) is 4.72. The number of aromatic amines is 1. The monoisotopic (exact) mass is 382 g/mol. The van der Waals surface area contributed by atoms with Crippen molar-refractivity contribution in [3.05, 3.63) is 58.0 Å². The van der Waals surface area contributed by atoms with Gasteiger partial charge in [-0.15, -0.1) is 11.3 Å². The van der Waals surface area contributed by atoms with Gasteiger partial charge in [-0.05, 0) is 25.0 Å². The van der Waals surface area contributed by atoms with Gasteiger partial charge in [-0.2, -0.15) is 5.10 Å². The zero-order valence-corrected chi connectivity index (χ0v) is 15.3. The molecule has 1 saturated heterocycles. The van der Waals surface area contributed by atoms with E-state index in [0.717, 1.165) is 35.6 Å². The smallest absolute Gasteiger partial charge is 0.345 e. The molecule has 0 saturated carbocycles. The van der Waals surface area contributed by atoms with E-state index in [1.165, 1.54) is 6.07 Å². The van der Waals surface area contributed by atoms with Crippen LogP contribution < -0.4 is 0 Å². The average Bonchev–Trinajstić information content (AvgIpc) is 3.38. The molecule has 1 amide bonds. The van der Waals surface area contributed by atoms with E-state index in [2.05, 4.69) is 15.2 Å². The Hall–Kier alpha value is -3.00. The fourth-order valence-corrected chi connectivity index (χ4v) is 4.07. The van der Waals surface area contributed by atoms with Gasteiger partial charge in [0.25, 0.3) is 5.91 Å². The summed E-state index contributed by atoms with van der Waals surface area (Å²) >= 11 is 1.02. The van der Waals surface area contributed by atoms with E-state index in [1.807, 2.05) is 30.3 Å². The Balaban J connectivity index is 1.39. The van der Waals surface area contributed by atoms with Crippen LogP contribution in [0.3, 0.4) is 0 Å². The van der Waals surface area contributed by atoms with E-state index < -0.39 is 5.97 Å². The Bertz CT molecular complexity index is 958. The van der Waals surface area contributed by atoms with Crippen molar-refractivity contribution in [2.75, 3.05) is 13.1 Å². The van der Waals surface area contributed by atoms with Crippen molar-refractivity contribution in [1.29, 1.82) is 0 Å². The lowest BCUT2D eigenvalue weighted by atomic mass is 9.96. The van der Waals surface area contributed by atoms with Gasteiger partial charge in [0.05, 0.1) is 4.88 Å². The molecule has 3 heterocycles. The Morgan fingerprint density at radius 1 is 1.07 bits per heavy atom. The lowest BCUT2D eigenvalue weighted by molar-refractivity contribution is 0.0699. The van der Waals surface area contributed by atoms with Gasteiger partial charge in [-0.1, -0.05) is 30.3 Å². The molecule has 0 atom stereocenters. The van der Waals surface area contributed by atoms with E-state index in [9.17, 15) is 9.59 Å². The minimum Gasteiger partial charge on any atom is -0.477 e. The maximum atomic E-state index is 12.6. The minimum atomic E-state index is -1.00. The molecular weight excluding hydrogens is 364 g/mol. The van der Waals surface area contributed by atoms with Crippen molar-refractivity contribution in [2.24, 2.45) is 0 Å². The van der Waals surface area contributed by atoms with Crippen LogP contribution in [-0.2, 0) is 0 Å². The normalized spacial score (nSPS) is 15.0. The maximum Gasteiger partial charge on any atom is 0.345 e. The quantitative estimate of drug-likeness (QED) is 0.722. The van der Waals surface area contributed by atoms with Crippen molar-refractivity contribution in [3.8, 4) is 11.4 Å². The zero-order valence-electron chi connectivity index (χ0n) is 14.5. The number of carboxylic acid groups (broad SMARTS) is 1. The third-order valence-electron chi connectivity index (χ3n) is 4.73. The first-order valence-electron chi connectivity index (χ1n) is 8.72. The van der Waals surface area contributed by atoms with E-state index in [-0.39, 0.29) is 16.7 Å². The fourth-order valence-electron chi connectivity index (χ4n) is 3.25. The number of piperidine rings is 1. The zero-order chi connectivity index (χ0) is 18.8. The van der Waals surface area contributed by atoms with Crippen molar-refractivity contribution in [1.82, 2.24) is 20.1 Å². The summed E-state index contributed by atoms with van der Waals surface area (Å²) in [5.74, 6) is 0.664. The highest BCUT2D eigenvalue weighted by Gasteiger charge is 2.27. The molecule has 8 heteroatoms. The molecule has 3 aromatic rings. The number of H-pyrrole nitrogens is 1. The van der Waals surface area contributed by atoms with Crippen LogP contribution in [0.5, 0.6) is 0 Å². The fraction of sp³-hybridized carbons (Fsp3) is 0.263. The third kappa shape index (κ3) is 3.61. The maximum absolute atomic E-state index is 12.6. The Morgan fingerprint density at radius 2 is 1.78 bits per heavy atom. The van der Waals surface area contributed by atoms with Crippen molar-refractivity contribution < 1.29 is 14.7 Å². The van der Waals surface area contributed by atoms with E-state index in [0.29, 0.717) is 23.8 Å². The number of benzene rings is 1. The van der Waals surface area contributed by atoms with E-state index in [1.54, 1.807) is 11.0 Å². The van der Waals surface area contributed by atoms with Crippen LogP contribution in [0.25, 0.3) is 11.4 Å². The number of aromatic nitrogens is 3. The summed E-state index contributed by atoms with van der Waals surface area (Å²) in [6.07, 6.45) is 1.60. The molecular formula is C19H18N4O3S. The second-order valence-electron chi connectivity index (χ2n) is 6.45. The predicted molar refractivity (Wildman–Crippen MR) is 101 cm³/mol. The van der Waals surface area contributed by atoms with Gasteiger partial charge in [0.2, 0.25) is 0 Å². The second kappa shape index (κ2) is 7.32. The molecule has 1 aromatic carbocycles. The first-order chi connectivity index (χ1) is 13.1. The molecule has 1 aliphatic heterocycles. The van der Waals surface area contributed by atoms with E-state index in [4.69, 9.17) is 5.11 Å². The molecule has 0 unspecified atom stereocenters. The number of rotatable bonds is 4. The van der Waals surface area contributed by atoms with Crippen LogP contribution in [0.4, 0.5) is 0 Å². The van der Waals surface area contributed by atoms with Crippen LogP contribution in [0.2, 0.25) is 0 Å². The second-order valence-corrected chi connectivity index (χ2v) is 7.53. The molecule has 7 nitrogen and oxygen atoms in total. The highest BCUT2D eigenvalue weighted by Crippen LogP contribution is 2.28. The topological polar surface area (TPSA) is 99.2 Å². The van der Waals surface area contributed by atoms with Gasteiger partial charge in [0.15, 0.2) is 5.82 Å². The number of aromatic carboxylic acids is 1. The predicted octanol–water partition coefficient (Wildman–Crippen LogP) is 3.25. The van der Waals surface area contributed by atoms with E-state index >= 15 is 0 Å². The summed E-state index contributed by atoms with van der Waals surface area (Å²) in [5, 5.41) is 16.4. The standard InChI is InChI=1S/C19H18N4O3S/c24-18(14-6-7-15(27-14)19(25)26)23-10-8-13(9-11-23)17-20-16(21-22-17)12-4-2-1-3-5-12/h1-7,13H,8-11H2,(H,25,26)(H,20,21,22). The summed E-state index contributed by atoms with van der Waals surface area (Å²) < 4.78 is 0. The molecule has 2 N–H and O–H groups in total. The largest absolute Gasteiger partial charge is 0.477 e. The lowest BCUT2D eigenvalue weighted by Crippen LogP contribution is -2.37. The van der Waals surface area contributed by atoms with Gasteiger partial charge < -0.3 is 10.0 Å². The average molecular weight is 382 g/mol. The SMILES string of the molecule is O=C(O)c1ccc(C(=O)N2CCC(c3nc(-c4ccccc4)n[nH]3)CC2)s1. The highest BCUT2D eigenvalue weighted by atomic mass is 32.1. The first-order valence-corrected chi connectivity index (χ1v) is 9.53. The number of amides is 1. The molecule has 0 spiro atoms. The van der Waals surface area contributed by atoms with Gasteiger partial charge in [0, 0.05) is 24.6 Å². The molecule has 138 valence electrons. The number of nitrogens with zero attached hydrogens (tertiary/aromatic N) is 3. The van der Waals surface area contributed by atoms with Gasteiger partial charge >= 0.3 is 5.97 Å². The number of likely N-dealkylation sites (tertiary alicyclic amines) is 1. The molecule has 4 rings (SSSR count). The molecule has 0 aliphatic carbocycles. The summed E-state index contributed by atoms with van der Waals surface area (Å²) in [4.78, 5) is 30.6. The Labute approximate surface area is 159 Å². The van der Waals surface area contributed by atoms with Crippen LogP contribution in [0, 0.1) is 0 Å². The number of thiophene rings is 1. The van der Waals surface area contributed by atoms with Crippen LogP contribution in [0.15, 0.2) is 42.5 Å². The Morgan fingerprint density at radius 3 is 2.44 bits per heavy atom.